The van der Waals surface area contributed by atoms with Crippen molar-refractivity contribution < 1.29 is 18.3 Å². The summed E-state index contributed by atoms with van der Waals surface area (Å²) in [5.41, 5.74) is 0.419. The molecular weight excluding hydrogens is 328 g/mol. The van der Waals surface area contributed by atoms with Crippen LogP contribution in [-0.4, -0.2) is 15.5 Å². The number of imidazole rings is 1. The summed E-state index contributed by atoms with van der Waals surface area (Å²) in [7, 11) is 0. The van der Waals surface area contributed by atoms with E-state index in [1.165, 1.54) is 0 Å². The van der Waals surface area contributed by atoms with Gasteiger partial charge >= 0.3 is 0 Å². The van der Waals surface area contributed by atoms with E-state index in [1.54, 1.807) is 47.6 Å². The molecule has 0 saturated heterocycles. The van der Waals surface area contributed by atoms with Crippen molar-refractivity contribution >= 4 is 11.6 Å². The molecule has 3 aromatic rings. The summed E-state index contributed by atoms with van der Waals surface area (Å²) in [5.74, 6) is -1.38. The molecular formula is C18H15F2N3O2. The van der Waals surface area contributed by atoms with Gasteiger partial charge in [0.25, 0.3) is 0 Å². The highest BCUT2D eigenvalue weighted by atomic mass is 19.1. The quantitative estimate of drug-likeness (QED) is 0.736. The van der Waals surface area contributed by atoms with Crippen LogP contribution in [0.3, 0.4) is 0 Å². The Kier molecular flexibility index (Phi) is 5.03. The van der Waals surface area contributed by atoms with Crippen LogP contribution >= 0.6 is 0 Å². The molecule has 1 amide bonds. The molecule has 25 heavy (non-hydrogen) atoms. The number of carbonyl (C=O) groups is 1. The number of hydrogen-bond donors (Lipinski definition) is 1. The number of ether oxygens (including phenoxy) is 1. The van der Waals surface area contributed by atoms with Crippen molar-refractivity contribution in [2.24, 2.45) is 0 Å². The number of aryl methyl sites for hydroxylation is 1. The average molecular weight is 343 g/mol. The lowest BCUT2D eigenvalue weighted by Crippen LogP contribution is -2.14. The highest BCUT2D eigenvalue weighted by molar-refractivity contribution is 5.92. The van der Waals surface area contributed by atoms with Gasteiger partial charge in [-0.1, -0.05) is 12.1 Å². The van der Waals surface area contributed by atoms with Crippen LogP contribution in [-0.2, 0) is 11.3 Å². The Morgan fingerprint density at radius 2 is 1.92 bits per heavy atom. The number of aromatic nitrogens is 2. The molecule has 0 spiro atoms. The number of halogens is 2. The molecule has 1 N–H and O–H groups in total. The van der Waals surface area contributed by atoms with Gasteiger partial charge in [-0.3, -0.25) is 4.79 Å². The Bertz CT molecular complexity index is 846. The van der Waals surface area contributed by atoms with E-state index in [9.17, 15) is 13.6 Å². The van der Waals surface area contributed by atoms with E-state index in [4.69, 9.17) is 4.74 Å². The first kappa shape index (κ1) is 16.6. The Labute approximate surface area is 142 Å². The van der Waals surface area contributed by atoms with Crippen LogP contribution < -0.4 is 10.1 Å². The van der Waals surface area contributed by atoms with Crippen molar-refractivity contribution in [3.8, 4) is 11.5 Å². The van der Waals surface area contributed by atoms with Crippen LogP contribution in [0.15, 0.2) is 61.2 Å². The summed E-state index contributed by atoms with van der Waals surface area (Å²) in [6.07, 6.45) is 5.28. The molecule has 0 aliphatic rings. The molecule has 0 unspecified atom stereocenters. The smallest absolute Gasteiger partial charge is 0.226 e. The van der Waals surface area contributed by atoms with E-state index < -0.39 is 11.6 Å². The molecule has 0 aliphatic heterocycles. The number of carbonyl (C=O) groups excluding carboxylic acids is 1. The summed E-state index contributed by atoms with van der Waals surface area (Å²) in [6, 6.07) is 9.59. The topological polar surface area (TPSA) is 56.2 Å². The molecule has 0 fully saturated rings. The number of para-hydroxylation sites is 2. The van der Waals surface area contributed by atoms with Crippen LogP contribution in [0.4, 0.5) is 14.5 Å². The maximum absolute atomic E-state index is 13.3. The second-order valence-electron chi connectivity index (χ2n) is 5.30. The van der Waals surface area contributed by atoms with Crippen LogP contribution in [0.5, 0.6) is 11.5 Å². The zero-order valence-corrected chi connectivity index (χ0v) is 13.2. The standard InChI is InChI=1S/C18H15F2N3O2/c19-13-9-14(20)11-15(10-13)25-17-4-2-1-3-16(17)22-18(24)5-7-23-8-6-21-12-23/h1-4,6,8-12H,5,7H2,(H,22,24). The number of anilines is 1. The van der Waals surface area contributed by atoms with E-state index in [0.29, 0.717) is 18.0 Å². The predicted molar refractivity (Wildman–Crippen MR) is 88.3 cm³/mol. The minimum atomic E-state index is -0.739. The van der Waals surface area contributed by atoms with Crippen LogP contribution in [0, 0.1) is 11.6 Å². The van der Waals surface area contributed by atoms with Gasteiger partial charge in [-0.15, -0.1) is 0 Å². The number of benzene rings is 2. The van der Waals surface area contributed by atoms with Crippen molar-refractivity contribution in [1.29, 1.82) is 0 Å². The molecule has 0 radical (unpaired) electrons. The normalized spacial score (nSPS) is 10.5. The van der Waals surface area contributed by atoms with Crippen LogP contribution in [0.25, 0.3) is 0 Å². The molecule has 1 aromatic heterocycles. The summed E-state index contributed by atoms with van der Waals surface area (Å²) in [6.45, 7) is 0.490. The van der Waals surface area contributed by atoms with Gasteiger partial charge in [0.2, 0.25) is 5.91 Å². The maximum atomic E-state index is 13.3. The molecule has 0 aliphatic carbocycles. The zero-order valence-electron chi connectivity index (χ0n) is 13.2. The van der Waals surface area contributed by atoms with Gasteiger partial charge in [-0.25, -0.2) is 13.8 Å². The first-order valence-electron chi connectivity index (χ1n) is 7.59. The lowest BCUT2D eigenvalue weighted by atomic mass is 10.2. The van der Waals surface area contributed by atoms with Crippen molar-refractivity contribution in [3.05, 3.63) is 72.8 Å². The van der Waals surface area contributed by atoms with Crippen LogP contribution in [0.1, 0.15) is 6.42 Å². The first-order chi connectivity index (χ1) is 12.1. The third kappa shape index (κ3) is 4.63. The first-order valence-corrected chi connectivity index (χ1v) is 7.59. The number of nitrogens with zero attached hydrogens (tertiary/aromatic N) is 2. The van der Waals surface area contributed by atoms with E-state index in [0.717, 1.165) is 18.2 Å². The molecule has 7 heteroatoms. The van der Waals surface area contributed by atoms with E-state index in [2.05, 4.69) is 10.3 Å². The molecule has 3 rings (SSSR count). The lowest BCUT2D eigenvalue weighted by Gasteiger charge is -2.12. The molecule has 1 heterocycles. The fraction of sp³-hybridized carbons (Fsp3) is 0.111. The van der Waals surface area contributed by atoms with Gasteiger partial charge in [0.15, 0.2) is 5.75 Å². The Balaban J connectivity index is 1.68. The van der Waals surface area contributed by atoms with Gasteiger partial charge in [-0.2, -0.15) is 0 Å². The highest BCUT2D eigenvalue weighted by Gasteiger charge is 2.10. The third-order valence-electron chi connectivity index (χ3n) is 3.38. The van der Waals surface area contributed by atoms with E-state index in [-0.39, 0.29) is 18.1 Å². The maximum Gasteiger partial charge on any atom is 0.226 e. The fourth-order valence-corrected chi connectivity index (χ4v) is 2.24. The molecule has 2 aromatic carbocycles. The highest BCUT2D eigenvalue weighted by Crippen LogP contribution is 2.30. The lowest BCUT2D eigenvalue weighted by molar-refractivity contribution is -0.116. The Morgan fingerprint density at radius 3 is 2.64 bits per heavy atom. The van der Waals surface area contributed by atoms with Gasteiger partial charge < -0.3 is 14.6 Å². The second kappa shape index (κ2) is 7.57. The summed E-state index contributed by atoms with van der Waals surface area (Å²) in [5, 5.41) is 2.74. The van der Waals surface area contributed by atoms with Gasteiger partial charge in [0.1, 0.15) is 17.4 Å². The molecule has 5 nitrogen and oxygen atoms in total. The van der Waals surface area contributed by atoms with Crippen molar-refractivity contribution in [3.63, 3.8) is 0 Å². The summed E-state index contributed by atoms with van der Waals surface area (Å²) < 4.78 is 33.9. The Morgan fingerprint density at radius 1 is 1.16 bits per heavy atom. The minimum Gasteiger partial charge on any atom is -0.455 e. The molecule has 128 valence electrons. The average Bonchev–Trinajstić information content (AvgIpc) is 3.07. The number of rotatable bonds is 6. The van der Waals surface area contributed by atoms with Gasteiger partial charge in [0, 0.05) is 43.6 Å². The summed E-state index contributed by atoms with van der Waals surface area (Å²) >= 11 is 0. The number of nitrogens with one attached hydrogen (secondary N) is 1. The second-order valence-corrected chi connectivity index (χ2v) is 5.30. The van der Waals surface area contributed by atoms with Crippen molar-refractivity contribution in [2.75, 3.05) is 5.32 Å². The van der Waals surface area contributed by atoms with Crippen molar-refractivity contribution in [1.82, 2.24) is 9.55 Å². The largest absolute Gasteiger partial charge is 0.455 e. The molecule has 0 bridgehead atoms. The number of amides is 1. The Hall–Kier alpha value is -3.22. The van der Waals surface area contributed by atoms with Gasteiger partial charge in [-0.05, 0) is 12.1 Å². The van der Waals surface area contributed by atoms with E-state index in [1.807, 2.05) is 0 Å². The summed E-state index contributed by atoms with van der Waals surface area (Å²) in [4.78, 5) is 16.0. The third-order valence-corrected chi connectivity index (χ3v) is 3.38. The molecule has 0 saturated carbocycles. The van der Waals surface area contributed by atoms with E-state index >= 15 is 0 Å². The SMILES string of the molecule is O=C(CCn1ccnc1)Nc1ccccc1Oc1cc(F)cc(F)c1. The zero-order chi connectivity index (χ0) is 17.6. The predicted octanol–water partition coefficient (Wildman–Crippen LogP) is 3.98. The monoisotopic (exact) mass is 343 g/mol. The molecule has 0 atom stereocenters. The minimum absolute atomic E-state index is 0.0117. The van der Waals surface area contributed by atoms with Crippen molar-refractivity contribution in [2.45, 2.75) is 13.0 Å². The fourth-order valence-electron chi connectivity index (χ4n) is 2.24. The van der Waals surface area contributed by atoms with Crippen LogP contribution in [0.2, 0.25) is 0 Å². The van der Waals surface area contributed by atoms with Gasteiger partial charge in [0.05, 0.1) is 12.0 Å². The number of hydrogen-bond acceptors (Lipinski definition) is 3.